The van der Waals surface area contributed by atoms with E-state index in [9.17, 15) is 4.79 Å². The lowest BCUT2D eigenvalue weighted by Gasteiger charge is -2.20. The van der Waals surface area contributed by atoms with Crippen LogP contribution in [0.2, 0.25) is 0 Å². The van der Waals surface area contributed by atoms with Gasteiger partial charge in [-0.25, -0.2) is 0 Å². The van der Waals surface area contributed by atoms with E-state index in [-0.39, 0.29) is 0 Å². The molecule has 0 aliphatic carbocycles. The van der Waals surface area contributed by atoms with Gasteiger partial charge < -0.3 is 21.1 Å². The summed E-state index contributed by atoms with van der Waals surface area (Å²) in [7, 11) is 1.60. The van der Waals surface area contributed by atoms with Gasteiger partial charge >= 0.3 is 0 Å². The summed E-state index contributed by atoms with van der Waals surface area (Å²) in [5.41, 5.74) is 9.02. The van der Waals surface area contributed by atoms with Gasteiger partial charge in [0.15, 0.2) is 0 Å². The second kappa shape index (κ2) is 8.07. The molecule has 1 unspecified atom stereocenters. The molecule has 0 bridgehead atoms. The van der Waals surface area contributed by atoms with Crippen LogP contribution in [0.4, 0.5) is 17.1 Å². The van der Waals surface area contributed by atoms with Crippen molar-refractivity contribution < 1.29 is 9.53 Å². The van der Waals surface area contributed by atoms with Crippen LogP contribution in [-0.2, 0) is 4.79 Å². The number of carbonyl (C=O) groups excluding carboxylic acids is 1. The lowest BCUT2D eigenvalue weighted by Crippen LogP contribution is -2.27. The number of rotatable bonds is 7. The van der Waals surface area contributed by atoms with Crippen LogP contribution in [0.15, 0.2) is 78.9 Å². The number of methoxy groups -OCH3 is 1. The average Bonchev–Trinajstić information content (AvgIpc) is 2.68. The van der Waals surface area contributed by atoms with Crippen molar-refractivity contribution in [3.05, 3.63) is 84.4 Å². The predicted molar refractivity (Wildman–Crippen MR) is 105 cm³/mol. The zero-order valence-corrected chi connectivity index (χ0v) is 14.5. The maximum Gasteiger partial charge on any atom is 0.244 e. The number of nitrogens with two attached hydrogens (primary N) is 1. The van der Waals surface area contributed by atoms with Crippen molar-refractivity contribution in [2.45, 2.75) is 6.04 Å². The molecule has 0 fully saturated rings. The molecular weight excluding hydrogens is 326 g/mol. The minimum Gasteiger partial charge on any atom is -0.497 e. The van der Waals surface area contributed by atoms with Crippen LogP contribution in [0, 0.1) is 0 Å². The van der Waals surface area contributed by atoms with E-state index < -0.39 is 11.9 Å². The number of carbonyl (C=O) groups is 1. The molecule has 5 nitrogen and oxygen atoms in total. The standard InChI is InChI=1S/C21H21N3O2/c1-26-17-13-11-15(12-14-17)20(21(22)25)24-19-10-6-5-9-18(19)23-16-7-3-2-4-8-16/h2-14,20,23-24H,1H3,(H2,22,25). The molecule has 0 saturated heterocycles. The first kappa shape index (κ1) is 17.4. The Morgan fingerprint density at radius 3 is 2.12 bits per heavy atom. The molecule has 1 amide bonds. The SMILES string of the molecule is COc1ccc(C(Nc2ccccc2Nc2ccccc2)C(N)=O)cc1. The largest absolute Gasteiger partial charge is 0.497 e. The molecule has 0 heterocycles. The Morgan fingerprint density at radius 2 is 1.50 bits per heavy atom. The summed E-state index contributed by atoms with van der Waals surface area (Å²) < 4.78 is 5.17. The maximum atomic E-state index is 12.0. The molecule has 3 aromatic rings. The van der Waals surface area contributed by atoms with Crippen LogP contribution >= 0.6 is 0 Å². The van der Waals surface area contributed by atoms with Crippen molar-refractivity contribution in [3.63, 3.8) is 0 Å². The van der Waals surface area contributed by atoms with Crippen molar-refractivity contribution >= 4 is 23.0 Å². The Kier molecular flexibility index (Phi) is 5.39. The van der Waals surface area contributed by atoms with Crippen LogP contribution in [0.25, 0.3) is 0 Å². The summed E-state index contributed by atoms with van der Waals surface area (Å²) in [6, 6.07) is 24.1. The minimum atomic E-state index is -0.653. The third-order valence-electron chi connectivity index (χ3n) is 4.01. The number of primary amides is 1. The van der Waals surface area contributed by atoms with Gasteiger partial charge in [0.2, 0.25) is 5.91 Å². The Labute approximate surface area is 152 Å². The topological polar surface area (TPSA) is 76.4 Å². The smallest absolute Gasteiger partial charge is 0.244 e. The molecule has 0 aliphatic heterocycles. The van der Waals surface area contributed by atoms with Gasteiger partial charge in [-0.3, -0.25) is 4.79 Å². The van der Waals surface area contributed by atoms with E-state index in [4.69, 9.17) is 10.5 Å². The molecule has 3 aromatic carbocycles. The second-order valence-electron chi connectivity index (χ2n) is 5.79. The maximum absolute atomic E-state index is 12.0. The van der Waals surface area contributed by atoms with E-state index in [1.807, 2.05) is 66.7 Å². The Bertz CT molecular complexity index is 864. The third-order valence-corrected chi connectivity index (χ3v) is 4.01. The predicted octanol–water partition coefficient (Wildman–Crippen LogP) is 4.08. The molecule has 1 atom stereocenters. The number of para-hydroxylation sites is 3. The van der Waals surface area contributed by atoms with Crippen LogP contribution in [0.1, 0.15) is 11.6 Å². The molecule has 5 heteroatoms. The number of amides is 1. The summed E-state index contributed by atoms with van der Waals surface area (Å²) in [5, 5.41) is 6.60. The molecule has 0 aromatic heterocycles. The molecule has 0 spiro atoms. The van der Waals surface area contributed by atoms with Crippen LogP contribution in [-0.4, -0.2) is 13.0 Å². The number of anilines is 3. The van der Waals surface area contributed by atoms with Gasteiger partial charge in [0, 0.05) is 5.69 Å². The van der Waals surface area contributed by atoms with Gasteiger partial charge in [-0.1, -0.05) is 42.5 Å². The van der Waals surface area contributed by atoms with Gasteiger partial charge in [-0.2, -0.15) is 0 Å². The highest BCUT2D eigenvalue weighted by Gasteiger charge is 2.19. The quantitative estimate of drug-likeness (QED) is 0.602. The average molecular weight is 347 g/mol. The van der Waals surface area contributed by atoms with E-state index >= 15 is 0 Å². The van der Waals surface area contributed by atoms with Crippen molar-refractivity contribution in [1.29, 1.82) is 0 Å². The minimum absolute atomic E-state index is 0.454. The second-order valence-corrected chi connectivity index (χ2v) is 5.79. The molecular formula is C21H21N3O2. The lowest BCUT2D eigenvalue weighted by atomic mass is 10.1. The number of ether oxygens (including phenoxy) is 1. The van der Waals surface area contributed by atoms with Gasteiger partial charge in [-0.15, -0.1) is 0 Å². The summed E-state index contributed by atoms with van der Waals surface area (Å²) in [6.07, 6.45) is 0. The summed E-state index contributed by atoms with van der Waals surface area (Å²) >= 11 is 0. The molecule has 0 aliphatic rings. The highest BCUT2D eigenvalue weighted by atomic mass is 16.5. The summed E-state index contributed by atoms with van der Waals surface area (Å²) in [5.74, 6) is 0.271. The Morgan fingerprint density at radius 1 is 0.885 bits per heavy atom. The number of benzene rings is 3. The lowest BCUT2D eigenvalue weighted by molar-refractivity contribution is -0.118. The van der Waals surface area contributed by atoms with Crippen LogP contribution in [0.5, 0.6) is 5.75 Å². The van der Waals surface area contributed by atoms with Gasteiger partial charge in [0.05, 0.1) is 18.5 Å². The zero-order chi connectivity index (χ0) is 18.4. The first-order valence-electron chi connectivity index (χ1n) is 8.28. The fourth-order valence-electron chi connectivity index (χ4n) is 2.67. The molecule has 3 rings (SSSR count). The van der Waals surface area contributed by atoms with E-state index in [2.05, 4.69) is 10.6 Å². The van der Waals surface area contributed by atoms with Gasteiger partial charge in [0.25, 0.3) is 0 Å². The molecule has 4 N–H and O–H groups in total. The van der Waals surface area contributed by atoms with Crippen molar-refractivity contribution in [3.8, 4) is 5.75 Å². The van der Waals surface area contributed by atoms with Gasteiger partial charge in [0.1, 0.15) is 11.8 Å². The first-order valence-corrected chi connectivity index (χ1v) is 8.28. The number of nitrogens with one attached hydrogen (secondary N) is 2. The Balaban J connectivity index is 1.86. The van der Waals surface area contributed by atoms with Crippen LogP contribution in [0.3, 0.4) is 0 Å². The third kappa shape index (κ3) is 4.13. The van der Waals surface area contributed by atoms with Gasteiger partial charge in [-0.05, 0) is 42.0 Å². The van der Waals surface area contributed by atoms with Crippen molar-refractivity contribution in [2.24, 2.45) is 5.73 Å². The number of hydrogen-bond donors (Lipinski definition) is 3. The number of hydrogen-bond acceptors (Lipinski definition) is 4. The summed E-state index contributed by atoms with van der Waals surface area (Å²) in [6.45, 7) is 0. The first-order chi connectivity index (χ1) is 12.7. The summed E-state index contributed by atoms with van der Waals surface area (Å²) in [4.78, 5) is 12.0. The highest BCUT2D eigenvalue weighted by Crippen LogP contribution is 2.29. The zero-order valence-electron chi connectivity index (χ0n) is 14.5. The van der Waals surface area contributed by atoms with E-state index in [0.29, 0.717) is 0 Å². The molecule has 26 heavy (non-hydrogen) atoms. The highest BCUT2D eigenvalue weighted by molar-refractivity contribution is 5.86. The van der Waals surface area contributed by atoms with E-state index in [1.165, 1.54) is 0 Å². The Hall–Kier alpha value is -3.47. The molecule has 0 saturated carbocycles. The molecule has 132 valence electrons. The van der Waals surface area contributed by atoms with Crippen molar-refractivity contribution in [2.75, 3.05) is 17.7 Å². The normalized spacial score (nSPS) is 11.4. The fraction of sp³-hybridized carbons (Fsp3) is 0.0952. The monoisotopic (exact) mass is 347 g/mol. The van der Waals surface area contributed by atoms with Crippen molar-refractivity contribution in [1.82, 2.24) is 0 Å². The van der Waals surface area contributed by atoms with Crippen LogP contribution < -0.4 is 21.1 Å². The van der Waals surface area contributed by atoms with E-state index in [1.54, 1.807) is 19.2 Å². The van der Waals surface area contributed by atoms with E-state index in [0.717, 1.165) is 28.4 Å². The molecule has 0 radical (unpaired) electrons. The fourth-order valence-corrected chi connectivity index (χ4v) is 2.67.